The quantitative estimate of drug-likeness (QED) is 0.488. The lowest BCUT2D eigenvalue weighted by Gasteiger charge is -2.34. The number of anilines is 1. The van der Waals surface area contributed by atoms with Crippen molar-refractivity contribution in [1.29, 1.82) is 0 Å². The Balaban J connectivity index is 1.44. The number of benzene rings is 2. The van der Waals surface area contributed by atoms with E-state index in [0.29, 0.717) is 5.25 Å². The molecule has 7 heteroatoms. The summed E-state index contributed by atoms with van der Waals surface area (Å²) in [7, 11) is 0. The summed E-state index contributed by atoms with van der Waals surface area (Å²) in [6.07, 6.45) is 2.09. The number of hydrogen-bond donors (Lipinski definition) is 0. The second-order valence-electron chi connectivity index (χ2n) is 7.28. The van der Waals surface area contributed by atoms with Gasteiger partial charge in [-0.25, -0.2) is 4.98 Å². The van der Waals surface area contributed by atoms with E-state index in [1.807, 2.05) is 23.1 Å². The molecule has 0 unspecified atom stereocenters. The van der Waals surface area contributed by atoms with E-state index in [1.54, 1.807) is 34.9 Å². The fourth-order valence-corrected chi connectivity index (χ4v) is 6.04. The minimum absolute atomic E-state index is 0.129. The number of piperazine rings is 1. The second-order valence-corrected chi connectivity index (χ2v) is 10.8. The van der Waals surface area contributed by atoms with Crippen LogP contribution in [0.2, 0.25) is 0 Å². The highest BCUT2D eigenvalue weighted by atomic mass is 32.2. The number of amides is 1. The minimum atomic E-state index is 0.129. The van der Waals surface area contributed by atoms with Crippen LogP contribution in [0.25, 0.3) is 10.2 Å². The molecule has 0 aliphatic carbocycles. The van der Waals surface area contributed by atoms with Crippen molar-refractivity contribution in [3.8, 4) is 0 Å². The van der Waals surface area contributed by atoms with Gasteiger partial charge in [-0.15, -0.1) is 23.5 Å². The SMILES string of the molecule is CSc1cccc2sc(N3CCN(C(=O)c4cccc(SC(C)C)c4)CC3)nc12. The summed E-state index contributed by atoms with van der Waals surface area (Å²) in [5, 5.41) is 1.56. The lowest BCUT2D eigenvalue weighted by molar-refractivity contribution is 0.0746. The second kappa shape index (κ2) is 8.98. The number of carbonyl (C=O) groups is 1. The maximum Gasteiger partial charge on any atom is 0.254 e. The number of rotatable bonds is 5. The van der Waals surface area contributed by atoms with E-state index in [0.717, 1.165) is 47.3 Å². The molecule has 0 N–H and O–H groups in total. The number of nitrogens with zero attached hydrogens (tertiary/aromatic N) is 3. The van der Waals surface area contributed by atoms with Crippen molar-refractivity contribution in [1.82, 2.24) is 9.88 Å². The first-order valence-electron chi connectivity index (χ1n) is 9.79. The predicted octanol–water partition coefficient (Wildman–Crippen LogP) is 5.48. The smallest absolute Gasteiger partial charge is 0.254 e. The van der Waals surface area contributed by atoms with E-state index in [4.69, 9.17) is 4.98 Å². The molecule has 1 saturated heterocycles. The predicted molar refractivity (Wildman–Crippen MR) is 127 cm³/mol. The van der Waals surface area contributed by atoms with Crippen molar-refractivity contribution < 1.29 is 4.79 Å². The summed E-state index contributed by atoms with van der Waals surface area (Å²) in [4.78, 5) is 24.5. The fraction of sp³-hybridized carbons (Fsp3) is 0.364. The van der Waals surface area contributed by atoms with Crippen LogP contribution in [0.3, 0.4) is 0 Å². The first kappa shape index (κ1) is 20.6. The molecule has 0 radical (unpaired) electrons. The number of hydrogen-bond acceptors (Lipinski definition) is 6. The van der Waals surface area contributed by atoms with Crippen LogP contribution >= 0.6 is 34.9 Å². The number of thioether (sulfide) groups is 2. The molecule has 1 aliphatic rings. The first-order valence-corrected chi connectivity index (χ1v) is 12.7. The third-order valence-corrected chi connectivity index (χ3v) is 7.73. The molecular weight excluding hydrogens is 418 g/mol. The molecule has 4 rings (SSSR count). The molecule has 4 nitrogen and oxygen atoms in total. The summed E-state index contributed by atoms with van der Waals surface area (Å²) in [5.41, 5.74) is 1.88. The Morgan fingerprint density at radius 2 is 1.86 bits per heavy atom. The molecule has 1 aromatic heterocycles. The zero-order valence-corrected chi connectivity index (χ0v) is 19.4. The highest BCUT2D eigenvalue weighted by Gasteiger charge is 2.24. The monoisotopic (exact) mass is 443 g/mol. The maximum absolute atomic E-state index is 13.0. The van der Waals surface area contributed by atoms with Crippen molar-refractivity contribution in [3.63, 3.8) is 0 Å². The minimum Gasteiger partial charge on any atom is -0.345 e. The Morgan fingerprint density at radius 3 is 2.59 bits per heavy atom. The number of thiazole rings is 1. The number of aromatic nitrogens is 1. The number of para-hydroxylation sites is 1. The summed E-state index contributed by atoms with van der Waals surface area (Å²) >= 11 is 5.27. The van der Waals surface area contributed by atoms with Gasteiger partial charge in [-0.2, -0.15) is 0 Å². The van der Waals surface area contributed by atoms with Crippen LogP contribution in [0, 0.1) is 0 Å². The largest absolute Gasteiger partial charge is 0.345 e. The third kappa shape index (κ3) is 4.57. The van der Waals surface area contributed by atoms with Gasteiger partial charge in [0.05, 0.1) is 10.2 Å². The van der Waals surface area contributed by atoms with Gasteiger partial charge < -0.3 is 9.80 Å². The molecule has 152 valence electrons. The van der Waals surface area contributed by atoms with Crippen LogP contribution < -0.4 is 4.90 Å². The summed E-state index contributed by atoms with van der Waals surface area (Å²) in [5.74, 6) is 0.129. The van der Waals surface area contributed by atoms with Crippen LogP contribution in [0.4, 0.5) is 5.13 Å². The Morgan fingerprint density at radius 1 is 1.10 bits per heavy atom. The molecule has 1 fully saturated rings. The summed E-state index contributed by atoms with van der Waals surface area (Å²) in [6, 6.07) is 14.4. The van der Waals surface area contributed by atoms with Crippen LogP contribution in [0.5, 0.6) is 0 Å². The van der Waals surface area contributed by atoms with E-state index in [-0.39, 0.29) is 5.91 Å². The van der Waals surface area contributed by atoms with Gasteiger partial charge in [0.1, 0.15) is 0 Å². The Labute approximate surface area is 184 Å². The Bertz CT molecular complexity index is 1010. The third-order valence-electron chi connectivity index (χ3n) is 4.88. The fourth-order valence-electron chi connectivity index (χ4n) is 3.47. The van der Waals surface area contributed by atoms with Gasteiger partial charge in [-0.3, -0.25) is 4.79 Å². The summed E-state index contributed by atoms with van der Waals surface area (Å²) in [6.45, 7) is 7.43. The van der Waals surface area contributed by atoms with Crippen molar-refractivity contribution >= 4 is 56.1 Å². The number of fused-ring (bicyclic) bond motifs is 1. The Hall–Kier alpha value is -1.70. The van der Waals surface area contributed by atoms with Gasteiger partial charge >= 0.3 is 0 Å². The molecule has 29 heavy (non-hydrogen) atoms. The molecule has 1 amide bonds. The van der Waals surface area contributed by atoms with Crippen molar-refractivity contribution in [2.75, 3.05) is 37.3 Å². The van der Waals surface area contributed by atoms with Gasteiger partial charge in [0.2, 0.25) is 0 Å². The lowest BCUT2D eigenvalue weighted by atomic mass is 10.2. The molecule has 2 heterocycles. The summed E-state index contributed by atoms with van der Waals surface area (Å²) < 4.78 is 1.23. The zero-order chi connectivity index (χ0) is 20.4. The molecule has 3 aromatic rings. The average Bonchev–Trinajstić information content (AvgIpc) is 3.17. The van der Waals surface area contributed by atoms with E-state index in [9.17, 15) is 4.79 Å². The maximum atomic E-state index is 13.0. The average molecular weight is 444 g/mol. The van der Waals surface area contributed by atoms with Gasteiger partial charge in [0.15, 0.2) is 5.13 Å². The highest BCUT2D eigenvalue weighted by Crippen LogP contribution is 2.34. The standard InChI is InChI=1S/C22H25N3OS3/c1-15(2)28-17-7-4-6-16(14-17)21(26)24-10-12-25(13-11-24)22-23-20-18(27-3)8-5-9-19(20)29-22/h4-9,14-15H,10-13H2,1-3H3. The van der Waals surface area contributed by atoms with Crippen LogP contribution in [-0.2, 0) is 0 Å². The topological polar surface area (TPSA) is 36.4 Å². The van der Waals surface area contributed by atoms with Crippen LogP contribution in [0.15, 0.2) is 52.3 Å². The lowest BCUT2D eigenvalue weighted by Crippen LogP contribution is -2.48. The first-order chi connectivity index (χ1) is 14.0. The van der Waals surface area contributed by atoms with E-state index < -0.39 is 0 Å². The molecule has 0 bridgehead atoms. The van der Waals surface area contributed by atoms with Crippen LogP contribution in [-0.4, -0.2) is 53.5 Å². The molecule has 1 aliphatic heterocycles. The molecule has 0 saturated carbocycles. The van der Waals surface area contributed by atoms with Gasteiger partial charge in [0.25, 0.3) is 5.91 Å². The van der Waals surface area contributed by atoms with E-state index in [2.05, 4.69) is 49.3 Å². The molecular formula is C22H25N3OS3. The van der Waals surface area contributed by atoms with Gasteiger partial charge in [0, 0.05) is 46.8 Å². The van der Waals surface area contributed by atoms with Crippen molar-refractivity contribution in [3.05, 3.63) is 48.0 Å². The van der Waals surface area contributed by atoms with E-state index in [1.165, 1.54) is 9.60 Å². The van der Waals surface area contributed by atoms with Crippen LogP contribution in [0.1, 0.15) is 24.2 Å². The van der Waals surface area contributed by atoms with Gasteiger partial charge in [-0.1, -0.05) is 37.3 Å². The van der Waals surface area contributed by atoms with Crippen molar-refractivity contribution in [2.24, 2.45) is 0 Å². The number of carbonyl (C=O) groups excluding carboxylic acids is 1. The van der Waals surface area contributed by atoms with E-state index >= 15 is 0 Å². The van der Waals surface area contributed by atoms with Crippen molar-refractivity contribution in [2.45, 2.75) is 28.9 Å². The van der Waals surface area contributed by atoms with Gasteiger partial charge in [-0.05, 0) is 36.6 Å². The molecule has 2 aromatic carbocycles. The highest BCUT2D eigenvalue weighted by molar-refractivity contribution is 8.00. The zero-order valence-electron chi connectivity index (χ0n) is 16.9. The molecule has 0 spiro atoms. The Kier molecular flexibility index (Phi) is 6.37. The normalized spacial score (nSPS) is 14.8. The molecule has 0 atom stereocenters.